The molecule has 0 fully saturated rings. The minimum Gasteiger partial charge on any atom is -0.489 e. The van der Waals surface area contributed by atoms with Crippen molar-refractivity contribution in [1.82, 2.24) is 0 Å². The Kier molecular flexibility index (Phi) is 4.61. The first kappa shape index (κ1) is 18.3. The SMILES string of the molecule is C=CCOc1c([Si](C)(C)C2C(C)=Cc3cc(C)sc32)ccc2ccccc12. The molecule has 0 amide bonds. The van der Waals surface area contributed by atoms with E-state index in [-0.39, 0.29) is 0 Å². The maximum Gasteiger partial charge on any atom is 0.126 e. The summed E-state index contributed by atoms with van der Waals surface area (Å²) < 4.78 is 6.27. The van der Waals surface area contributed by atoms with Crippen LogP contribution in [-0.4, -0.2) is 14.7 Å². The van der Waals surface area contributed by atoms with Crippen molar-refractivity contribution in [2.75, 3.05) is 6.61 Å². The number of allylic oxidation sites excluding steroid dienone is 1. The molecule has 1 heterocycles. The lowest BCUT2D eigenvalue weighted by atomic mass is 10.1. The second-order valence-corrected chi connectivity index (χ2v) is 13.8. The first-order chi connectivity index (χ1) is 12.9. The Morgan fingerprint density at radius 3 is 2.70 bits per heavy atom. The zero-order chi connectivity index (χ0) is 19.2. The number of hydrogen-bond acceptors (Lipinski definition) is 2. The maximum absolute atomic E-state index is 6.27. The fourth-order valence-corrected chi connectivity index (χ4v) is 10.3. The van der Waals surface area contributed by atoms with E-state index in [1.54, 1.807) is 4.88 Å². The molecule has 1 unspecified atom stereocenters. The zero-order valence-corrected chi connectivity index (χ0v) is 18.3. The average Bonchev–Trinajstić information content (AvgIpc) is 3.13. The molecule has 0 spiro atoms. The summed E-state index contributed by atoms with van der Waals surface area (Å²) in [6.45, 7) is 13.9. The number of thiophene rings is 1. The van der Waals surface area contributed by atoms with Crippen molar-refractivity contribution in [3.05, 3.63) is 76.0 Å². The number of hydrogen-bond donors (Lipinski definition) is 0. The van der Waals surface area contributed by atoms with Gasteiger partial charge in [-0.1, -0.05) is 73.8 Å². The lowest BCUT2D eigenvalue weighted by molar-refractivity contribution is 0.370. The first-order valence-corrected chi connectivity index (χ1v) is 13.4. The van der Waals surface area contributed by atoms with Crippen LogP contribution >= 0.6 is 11.3 Å². The molecule has 0 saturated heterocycles. The van der Waals surface area contributed by atoms with Crippen LogP contribution in [0.4, 0.5) is 0 Å². The van der Waals surface area contributed by atoms with E-state index in [0.29, 0.717) is 12.1 Å². The molecule has 4 rings (SSSR count). The summed E-state index contributed by atoms with van der Waals surface area (Å²) in [5, 5.41) is 3.84. The Bertz CT molecular complexity index is 1060. The zero-order valence-electron chi connectivity index (χ0n) is 16.5. The quantitative estimate of drug-likeness (QED) is 0.360. The fourth-order valence-electron chi connectivity index (χ4n) is 4.53. The van der Waals surface area contributed by atoms with Gasteiger partial charge in [-0.2, -0.15) is 0 Å². The molecule has 3 heteroatoms. The summed E-state index contributed by atoms with van der Waals surface area (Å²) in [7, 11) is -1.88. The van der Waals surface area contributed by atoms with E-state index in [4.69, 9.17) is 4.74 Å². The van der Waals surface area contributed by atoms with Gasteiger partial charge < -0.3 is 4.74 Å². The van der Waals surface area contributed by atoms with Crippen LogP contribution < -0.4 is 9.92 Å². The smallest absolute Gasteiger partial charge is 0.126 e. The highest BCUT2D eigenvalue weighted by atomic mass is 32.1. The normalized spacial score (nSPS) is 16.3. The van der Waals surface area contributed by atoms with E-state index in [1.807, 2.05) is 17.4 Å². The molecule has 1 nitrogen and oxygen atoms in total. The highest BCUT2D eigenvalue weighted by Crippen LogP contribution is 2.47. The van der Waals surface area contributed by atoms with Crippen molar-refractivity contribution < 1.29 is 4.74 Å². The summed E-state index contributed by atoms with van der Waals surface area (Å²) >= 11 is 1.96. The van der Waals surface area contributed by atoms with Crippen molar-refractivity contribution >= 4 is 41.4 Å². The van der Waals surface area contributed by atoms with Crippen LogP contribution in [0.1, 0.15) is 27.8 Å². The topological polar surface area (TPSA) is 9.23 Å². The summed E-state index contributed by atoms with van der Waals surface area (Å²) in [5.74, 6) is 1.05. The van der Waals surface area contributed by atoms with Crippen LogP contribution in [-0.2, 0) is 0 Å². The Balaban J connectivity index is 1.90. The molecule has 0 aliphatic heterocycles. The van der Waals surface area contributed by atoms with Gasteiger partial charge in [0.05, 0.1) is 8.07 Å². The van der Waals surface area contributed by atoms with Crippen LogP contribution in [0.15, 0.2) is 60.7 Å². The van der Waals surface area contributed by atoms with Crippen LogP contribution in [0.3, 0.4) is 0 Å². The van der Waals surface area contributed by atoms with Crippen molar-refractivity contribution in [3.8, 4) is 5.75 Å². The molecular formula is C24H26OSSi. The number of fused-ring (bicyclic) bond motifs is 2. The van der Waals surface area contributed by atoms with Gasteiger partial charge in [-0.05, 0) is 36.1 Å². The van der Waals surface area contributed by atoms with Gasteiger partial charge in [-0.15, -0.1) is 11.3 Å². The Hall–Kier alpha value is -2.10. The molecule has 27 heavy (non-hydrogen) atoms. The molecule has 1 aliphatic carbocycles. The molecule has 3 aromatic rings. The average molecular weight is 391 g/mol. The standard InChI is InChI=1S/C24H26OSSi/c1-6-13-25-22-20-10-8-7-9-18(20)11-12-21(22)27(4,5)24-16(2)14-19-15-17(3)26-23(19)24/h6-12,14-15,24H,1,13H2,2-5H3. The van der Waals surface area contributed by atoms with Crippen LogP contribution in [0.25, 0.3) is 16.8 Å². The van der Waals surface area contributed by atoms with Gasteiger partial charge in [0, 0.05) is 20.7 Å². The van der Waals surface area contributed by atoms with E-state index in [2.05, 4.69) is 82.1 Å². The lowest BCUT2D eigenvalue weighted by Gasteiger charge is -2.33. The van der Waals surface area contributed by atoms with Crippen LogP contribution in [0.5, 0.6) is 5.75 Å². The molecular weight excluding hydrogens is 364 g/mol. The highest BCUT2D eigenvalue weighted by molar-refractivity contribution is 7.13. The van der Waals surface area contributed by atoms with Crippen molar-refractivity contribution in [3.63, 3.8) is 0 Å². The molecule has 0 saturated carbocycles. The van der Waals surface area contributed by atoms with Crippen LogP contribution in [0.2, 0.25) is 13.1 Å². The third kappa shape index (κ3) is 2.99. The lowest BCUT2D eigenvalue weighted by Crippen LogP contribution is -2.48. The van der Waals surface area contributed by atoms with E-state index < -0.39 is 8.07 Å². The molecule has 138 valence electrons. The van der Waals surface area contributed by atoms with Gasteiger partial charge in [-0.3, -0.25) is 0 Å². The number of benzene rings is 2. The van der Waals surface area contributed by atoms with E-state index >= 15 is 0 Å². The monoisotopic (exact) mass is 390 g/mol. The van der Waals surface area contributed by atoms with E-state index in [1.165, 1.54) is 32.0 Å². The van der Waals surface area contributed by atoms with E-state index in [0.717, 1.165) is 5.75 Å². The van der Waals surface area contributed by atoms with Gasteiger partial charge >= 0.3 is 0 Å². The predicted molar refractivity (Wildman–Crippen MR) is 122 cm³/mol. The summed E-state index contributed by atoms with van der Waals surface area (Å²) in [4.78, 5) is 2.95. The van der Waals surface area contributed by atoms with Crippen LogP contribution in [0, 0.1) is 6.92 Å². The minimum atomic E-state index is -1.88. The maximum atomic E-state index is 6.27. The van der Waals surface area contributed by atoms with E-state index in [9.17, 15) is 0 Å². The molecule has 0 bridgehead atoms. The Labute approximate surface area is 167 Å². The summed E-state index contributed by atoms with van der Waals surface area (Å²) in [5.41, 5.74) is 3.43. The third-order valence-corrected chi connectivity index (χ3v) is 11.0. The molecule has 1 aliphatic rings. The van der Waals surface area contributed by atoms with Gasteiger partial charge in [0.1, 0.15) is 12.4 Å². The fraction of sp³-hybridized carbons (Fsp3) is 0.250. The molecule has 0 N–H and O–H groups in total. The largest absolute Gasteiger partial charge is 0.489 e. The molecule has 1 atom stereocenters. The minimum absolute atomic E-state index is 0.512. The number of ether oxygens (including phenoxy) is 1. The first-order valence-electron chi connectivity index (χ1n) is 9.48. The molecule has 1 aromatic heterocycles. The number of aryl methyl sites for hydroxylation is 1. The van der Waals surface area contributed by atoms with Gasteiger partial charge in [0.25, 0.3) is 0 Å². The third-order valence-electron chi connectivity index (χ3n) is 5.66. The van der Waals surface area contributed by atoms with Gasteiger partial charge in [-0.25, -0.2) is 0 Å². The second-order valence-electron chi connectivity index (χ2n) is 7.98. The predicted octanol–water partition coefficient (Wildman–Crippen LogP) is 6.43. The van der Waals surface area contributed by atoms with Crippen molar-refractivity contribution in [1.29, 1.82) is 0 Å². The van der Waals surface area contributed by atoms with Gasteiger partial charge in [0.15, 0.2) is 0 Å². The summed E-state index contributed by atoms with van der Waals surface area (Å²) in [6.07, 6.45) is 4.23. The second kappa shape index (κ2) is 6.81. The highest BCUT2D eigenvalue weighted by Gasteiger charge is 2.42. The summed E-state index contributed by atoms with van der Waals surface area (Å²) in [6, 6.07) is 15.4. The Morgan fingerprint density at radius 1 is 1.15 bits per heavy atom. The molecule has 0 radical (unpaired) electrons. The number of rotatable bonds is 5. The van der Waals surface area contributed by atoms with Crippen molar-refractivity contribution in [2.45, 2.75) is 32.5 Å². The van der Waals surface area contributed by atoms with Gasteiger partial charge in [0.2, 0.25) is 0 Å². The van der Waals surface area contributed by atoms with Crippen molar-refractivity contribution in [2.24, 2.45) is 0 Å². The molecule has 2 aromatic carbocycles. The Morgan fingerprint density at radius 2 is 1.93 bits per heavy atom.